The third kappa shape index (κ3) is 10.8. The van der Waals surface area contributed by atoms with Crippen LogP contribution in [-0.2, 0) is 25.6 Å². The van der Waals surface area contributed by atoms with Crippen molar-refractivity contribution >= 4 is 29.7 Å². The Morgan fingerprint density at radius 1 is 1.03 bits per heavy atom. The molecule has 1 saturated heterocycles. The Morgan fingerprint density at radius 3 is 2.26 bits per heavy atom. The van der Waals surface area contributed by atoms with E-state index in [4.69, 9.17) is 11.5 Å². The Balaban J connectivity index is 2.12. The number of nitrogens with two attached hydrogens (primary N) is 2. The van der Waals surface area contributed by atoms with Crippen molar-refractivity contribution in [1.29, 1.82) is 0 Å². The fraction of sp³-hybridized carbons (Fsp3) is 0.577. The lowest BCUT2D eigenvalue weighted by molar-refractivity contribution is -0.142. The molecular weight excluding hydrogens is 490 g/mol. The number of hydrogen-bond acceptors (Lipinski definition) is 6. The minimum Gasteiger partial charge on any atom is -0.480 e. The highest BCUT2D eigenvalue weighted by atomic mass is 16.4. The van der Waals surface area contributed by atoms with Crippen LogP contribution in [0.5, 0.6) is 0 Å². The van der Waals surface area contributed by atoms with Gasteiger partial charge in [0.05, 0.1) is 6.04 Å². The second-order valence-corrected chi connectivity index (χ2v) is 9.94. The summed E-state index contributed by atoms with van der Waals surface area (Å²) < 4.78 is 0. The van der Waals surface area contributed by atoms with E-state index in [1.54, 1.807) is 24.3 Å². The molecule has 12 nitrogen and oxygen atoms in total. The van der Waals surface area contributed by atoms with Crippen molar-refractivity contribution in [2.24, 2.45) is 22.4 Å². The molecule has 1 aromatic carbocycles. The average molecular weight is 532 g/mol. The molecule has 12 heteroatoms. The fourth-order valence-electron chi connectivity index (χ4n) is 4.25. The molecule has 38 heavy (non-hydrogen) atoms. The van der Waals surface area contributed by atoms with Crippen molar-refractivity contribution in [3.05, 3.63) is 35.9 Å². The lowest BCUT2D eigenvalue weighted by atomic mass is 10.0. The van der Waals surface area contributed by atoms with E-state index in [1.165, 1.54) is 0 Å². The molecule has 0 spiro atoms. The Morgan fingerprint density at radius 2 is 1.68 bits per heavy atom. The van der Waals surface area contributed by atoms with E-state index in [1.807, 2.05) is 19.9 Å². The van der Waals surface area contributed by atoms with E-state index in [2.05, 4.69) is 26.3 Å². The lowest BCUT2D eigenvalue weighted by Crippen LogP contribution is -2.57. The fourth-order valence-corrected chi connectivity index (χ4v) is 4.25. The van der Waals surface area contributed by atoms with Gasteiger partial charge in [-0.25, -0.2) is 4.79 Å². The number of guanidine groups is 1. The second-order valence-electron chi connectivity index (χ2n) is 9.94. The van der Waals surface area contributed by atoms with Gasteiger partial charge >= 0.3 is 5.97 Å². The third-order valence-electron chi connectivity index (χ3n) is 6.19. The average Bonchev–Trinajstić information content (AvgIpc) is 3.40. The zero-order chi connectivity index (χ0) is 28.1. The highest BCUT2D eigenvalue weighted by Crippen LogP contribution is 2.10. The molecule has 0 saturated carbocycles. The number of carbonyl (C=O) groups is 4. The van der Waals surface area contributed by atoms with Crippen LogP contribution in [0.1, 0.15) is 51.5 Å². The molecule has 1 aliphatic heterocycles. The summed E-state index contributed by atoms with van der Waals surface area (Å²) in [6.07, 6.45) is 2.60. The van der Waals surface area contributed by atoms with E-state index in [0.717, 1.165) is 18.5 Å². The summed E-state index contributed by atoms with van der Waals surface area (Å²) >= 11 is 0. The maximum absolute atomic E-state index is 13.3. The largest absolute Gasteiger partial charge is 0.480 e. The monoisotopic (exact) mass is 531 g/mol. The van der Waals surface area contributed by atoms with Crippen LogP contribution in [-0.4, -0.2) is 72.0 Å². The predicted octanol–water partition coefficient (Wildman–Crippen LogP) is -0.380. The standard InChI is InChI=1S/C26H41N7O5/c1-16(2)14-20(24(36)33-21(25(37)38)15-17-8-4-3-5-9-17)32-23(35)19(11-7-13-30-26(27)28)31-22(34)18-10-6-12-29-18/h3-5,8-9,16,18-21,29H,6-7,10-15H2,1-2H3,(H,31,34)(H,32,35)(H,33,36)(H,37,38)(H4,27,28,30). The Hall–Kier alpha value is -3.67. The summed E-state index contributed by atoms with van der Waals surface area (Å²) in [5, 5.41) is 20.9. The van der Waals surface area contributed by atoms with Crippen molar-refractivity contribution in [1.82, 2.24) is 21.3 Å². The highest BCUT2D eigenvalue weighted by molar-refractivity contribution is 5.94. The molecule has 0 radical (unpaired) electrons. The minimum atomic E-state index is -1.18. The molecule has 2 rings (SSSR count). The van der Waals surface area contributed by atoms with Crippen molar-refractivity contribution in [3.63, 3.8) is 0 Å². The number of aliphatic carboxylic acids is 1. The van der Waals surface area contributed by atoms with Gasteiger partial charge in [0.15, 0.2) is 5.96 Å². The quantitative estimate of drug-likeness (QED) is 0.0901. The molecule has 210 valence electrons. The van der Waals surface area contributed by atoms with Crippen LogP contribution in [0.4, 0.5) is 0 Å². The SMILES string of the molecule is CC(C)CC(NC(=O)C(CCCN=C(N)N)NC(=O)C1CCCN1)C(=O)NC(Cc1ccccc1)C(=O)O. The first kappa shape index (κ1) is 30.6. The smallest absolute Gasteiger partial charge is 0.326 e. The molecule has 1 aliphatic rings. The summed E-state index contributed by atoms with van der Waals surface area (Å²) in [6.45, 7) is 4.79. The molecule has 1 heterocycles. The lowest BCUT2D eigenvalue weighted by Gasteiger charge is -2.26. The Bertz CT molecular complexity index is 960. The number of benzene rings is 1. The third-order valence-corrected chi connectivity index (χ3v) is 6.19. The van der Waals surface area contributed by atoms with Gasteiger partial charge in [0.2, 0.25) is 17.7 Å². The minimum absolute atomic E-state index is 0.0287. The molecule has 3 amide bonds. The molecule has 0 bridgehead atoms. The molecule has 0 aromatic heterocycles. The van der Waals surface area contributed by atoms with E-state index in [9.17, 15) is 24.3 Å². The van der Waals surface area contributed by atoms with Gasteiger partial charge < -0.3 is 37.8 Å². The number of carbonyl (C=O) groups excluding carboxylic acids is 3. The molecular formula is C26H41N7O5. The summed E-state index contributed by atoms with van der Waals surface area (Å²) in [7, 11) is 0. The predicted molar refractivity (Wildman–Crippen MR) is 144 cm³/mol. The second kappa shape index (κ2) is 15.6. The topological polar surface area (TPSA) is 201 Å². The maximum atomic E-state index is 13.3. The van der Waals surface area contributed by atoms with Crippen LogP contribution in [0.15, 0.2) is 35.3 Å². The van der Waals surface area contributed by atoms with Crippen LogP contribution in [0.25, 0.3) is 0 Å². The number of carboxylic acids is 1. The van der Waals surface area contributed by atoms with Crippen molar-refractivity contribution < 1.29 is 24.3 Å². The summed E-state index contributed by atoms with van der Waals surface area (Å²) in [5.41, 5.74) is 11.5. The normalized spacial score (nSPS) is 17.2. The molecule has 1 fully saturated rings. The number of carboxylic acid groups (broad SMARTS) is 1. The van der Waals surface area contributed by atoms with Gasteiger partial charge in [-0.1, -0.05) is 44.2 Å². The zero-order valence-corrected chi connectivity index (χ0v) is 22.1. The van der Waals surface area contributed by atoms with Gasteiger partial charge in [0, 0.05) is 13.0 Å². The number of amides is 3. The molecule has 0 aliphatic carbocycles. The summed E-state index contributed by atoms with van der Waals surface area (Å²) in [6, 6.07) is 5.52. The molecule has 4 atom stereocenters. The van der Waals surface area contributed by atoms with Crippen LogP contribution < -0.4 is 32.7 Å². The van der Waals surface area contributed by atoms with Crippen molar-refractivity contribution in [2.75, 3.05) is 13.1 Å². The van der Waals surface area contributed by atoms with Crippen molar-refractivity contribution in [3.8, 4) is 0 Å². The van der Waals surface area contributed by atoms with Crippen LogP contribution >= 0.6 is 0 Å². The van der Waals surface area contributed by atoms with E-state index in [0.29, 0.717) is 12.8 Å². The highest BCUT2D eigenvalue weighted by Gasteiger charge is 2.31. The number of rotatable bonds is 15. The van der Waals surface area contributed by atoms with E-state index < -0.39 is 35.9 Å². The molecule has 9 N–H and O–H groups in total. The van der Waals surface area contributed by atoms with Crippen LogP contribution in [0, 0.1) is 5.92 Å². The number of nitrogens with one attached hydrogen (secondary N) is 4. The first-order chi connectivity index (χ1) is 18.1. The van der Waals surface area contributed by atoms with Gasteiger partial charge in [-0.3, -0.25) is 19.4 Å². The number of aliphatic imine (C=N–C) groups is 1. The van der Waals surface area contributed by atoms with Gasteiger partial charge in [-0.15, -0.1) is 0 Å². The van der Waals surface area contributed by atoms with E-state index >= 15 is 0 Å². The van der Waals surface area contributed by atoms with Crippen molar-refractivity contribution in [2.45, 2.75) is 76.5 Å². The van der Waals surface area contributed by atoms with Crippen LogP contribution in [0.3, 0.4) is 0 Å². The number of nitrogens with zero attached hydrogens (tertiary/aromatic N) is 1. The first-order valence-corrected chi connectivity index (χ1v) is 13.0. The summed E-state index contributed by atoms with van der Waals surface area (Å²) in [5.74, 6) is -2.63. The van der Waals surface area contributed by atoms with Gasteiger partial charge in [-0.05, 0) is 50.1 Å². The molecule has 4 unspecified atom stereocenters. The Labute approximate surface area is 223 Å². The Kier molecular flexibility index (Phi) is 12.5. The molecule has 1 aromatic rings. The van der Waals surface area contributed by atoms with Gasteiger partial charge in [0.25, 0.3) is 0 Å². The van der Waals surface area contributed by atoms with E-state index in [-0.39, 0.29) is 49.6 Å². The summed E-state index contributed by atoms with van der Waals surface area (Å²) in [4.78, 5) is 55.0. The van der Waals surface area contributed by atoms with Gasteiger partial charge in [0.1, 0.15) is 18.1 Å². The number of hydrogen-bond donors (Lipinski definition) is 7. The maximum Gasteiger partial charge on any atom is 0.326 e. The zero-order valence-electron chi connectivity index (χ0n) is 22.1. The van der Waals surface area contributed by atoms with Crippen LogP contribution in [0.2, 0.25) is 0 Å². The first-order valence-electron chi connectivity index (χ1n) is 13.0. The van der Waals surface area contributed by atoms with Gasteiger partial charge in [-0.2, -0.15) is 0 Å².